The van der Waals surface area contributed by atoms with Gasteiger partial charge in [0.25, 0.3) is 5.91 Å². The van der Waals surface area contributed by atoms with Gasteiger partial charge in [-0.05, 0) is 56.9 Å². The second-order valence-corrected chi connectivity index (χ2v) is 8.61. The van der Waals surface area contributed by atoms with Gasteiger partial charge in [-0.25, -0.2) is 0 Å². The van der Waals surface area contributed by atoms with E-state index in [1.54, 1.807) is 18.2 Å². The molecule has 2 N–H and O–H groups in total. The van der Waals surface area contributed by atoms with E-state index in [0.29, 0.717) is 30.3 Å². The summed E-state index contributed by atoms with van der Waals surface area (Å²) < 4.78 is 16.9. The van der Waals surface area contributed by atoms with Gasteiger partial charge in [0.15, 0.2) is 11.5 Å². The fourth-order valence-corrected chi connectivity index (χ4v) is 4.01. The first-order chi connectivity index (χ1) is 14.7. The molecule has 0 radical (unpaired) electrons. The minimum atomic E-state index is -0.344. The molecule has 1 unspecified atom stereocenters. The molecule has 1 aliphatic carbocycles. The summed E-state index contributed by atoms with van der Waals surface area (Å²) in [5.41, 5.74) is 1.46. The normalized spacial score (nSPS) is 16.9. The van der Waals surface area contributed by atoms with Crippen molar-refractivity contribution >= 4 is 11.8 Å². The molecule has 1 atom stereocenters. The molecule has 1 aliphatic rings. The van der Waals surface area contributed by atoms with Crippen molar-refractivity contribution in [3.05, 3.63) is 46.9 Å². The number of ether oxygens (including phenoxy) is 2. The molecule has 2 aromatic rings. The van der Waals surface area contributed by atoms with Crippen LogP contribution in [0.25, 0.3) is 0 Å². The molecule has 0 aliphatic heterocycles. The highest BCUT2D eigenvalue weighted by molar-refractivity contribution is 5.97. The topological polar surface area (TPSA) is 89.8 Å². The molecule has 0 bridgehead atoms. The minimum absolute atomic E-state index is 0.0243. The van der Waals surface area contributed by atoms with Crippen molar-refractivity contribution in [2.24, 2.45) is 5.41 Å². The number of carbonyl (C=O) groups excluding carboxylic acids is 2. The number of hydrogen-bond donors (Lipinski definition) is 2. The summed E-state index contributed by atoms with van der Waals surface area (Å²) in [6.07, 6.45) is 1.66. The molecule has 7 nitrogen and oxygen atoms in total. The van der Waals surface area contributed by atoms with E-state index in [4.69, 9.17) is 13.9 Å². The van der Waals surface area contributed by atoms with Crippen molar-refractivity contribution in [1.82, 2.24) is 10.6 Å². The molecule has 0 saturated carbocycles. The first-order valence-corrected chi connectivity index (χ1v) is 10.8. The van der Waals surface area contributed by atoms with Crippen molar-refractivity contribution < 1.29 is 23.5 Å². The molecule has 3 rings (SSSR count). The second-order valence-electron chi connectivity index (χ2n) is 8.61. The van der Waals surface area contributed by atoms with Crippen molar-refractivity contribution in [2.45, 2.75) is 53.5 Å². The predicted molar refractivity (Wildman–Crippen MR) is 118 cm³/mol. The molecule has 7 heteroatoms. The summed E-state index contributed by atoms with van der Waals surface area (Å²) in [5, 5.41) is 5.74. The lowest BCUT2D eigenvalue weighted by Crippen LogP contribution is -2.41. The van der Waals surface area contributed by atoms with Crippen LogP contribution < -0.4 is 20.1 Å². The Morgan fingerprint density at radius 3 is 2.55 bits per heavy atom. The maximum atomic E-state index is 12.6. The monoisotopic (exact) mass is 428 g/mol. The van der Waals surface area contributed by atoms with E-state index in [2.05, 4.69) is 24.5 Å². The number of nitrogens with one attached hydrogen (secondary N) is 2. The Bertz CT molecular complexity index is 947. The Morgan fingerprint density at radius 2 is 1.84 bits per heavy atom. The van der Waals surface area contributed by atoms with Gasteiger partial charge in [-0.1, -0.05) is 13.8 Å². The zero-order valence-electron chi connectivity index (χ0n) is 19.0. The molecule has 1 aromatic heterocycles. The summed E-state index contributed by atoms with van der Waals surface area (Å²) in [4.78, 5) is 25.2. The van der Waals surface area contributed by atoms with E-state index >= 15 is 0 Å². The van der Waals surface area contributed by atoms with E-state index in [1.165, 1.54) is 0 Å². The fourth-order valence-electron chi connectivity index (χ4n) is 4.01. The maximum Gasteiger partial charge on any atom is 0.251 e. The van der Waals surface area contributed by atoms with Crippen LogP contribution in [-0.2, 0) is 11.2 Å². The van der Waals surface area contributed by atoms with Crippen LogP contribution in [-0.4, -0.2) is 31.6 Å². The Balaban J connectivity index is 1.62. The molecular weight excluding hydrogens is 396 g/mol. The van der Waals surface area contributed by atoms with E-state index in [0.717, 1.165) is 29.9 Å². The smallest absolute Gasteiger partial charge is 0.251 e. The number of hydrogen-bond acceptors (Lipinski definition) is 5. The van der Waals surface area contributed by atoms with Crippen LogP contribution >= 0.6 is 0 Å². The highest BCUT2D eigenvalue weighted by Gasteiger charge is 2.35. The van der Waals surface area contributed by atoms with Gasteiger partial charge >= 0.3 is 0 Å². The van der Waals surface area contributed by atoms with Crippen LogP contribution in [0.15, 0.2) is 28.7 Å². The zero-order chi connectivity index (χ0) is 22.6. The number of aryl methyl sites for hydroxylation is 1. The van der Waals surface area contributed by atoms with Gasteiger partial charge in [-0.15, -0.1) is 0 Å². The second kappa shape index (κ2) is 9.45. The largest absolute Gasteiger partial charge is 0.490 e. The highest BCUT2D eigenvalue weighted by atomic mass is 16.5. The number of carbonyl (C=O) groups is 2. The predicted octanol–water partition coefficient (Wildman–Crippen LogP) is 3.95. The average molecular weight is 429 g/mol. The average Bonchev–Trinajstić information content (AvgIpc) is 3.07. The lowest BCUT2D eigenvalue weighted by Gasteiger charge is -2.34. The molecular formula is C24H32N2O5. The Hall–Kier alpha value is -2.96. The SMILES string of the molecule is CCOc1ccc(C(=O)NCC(=O)NC2CC(C)(C)Cc3oc(C)cc32)cc1OCC. The third kappa shape index (κ3) is 5.60. The first kappa shape index (κ1) is 22.7. The molecule has 1 aromatic carbocycles. The molecule has 2 amide bonds. The third-order valence-corrected chi connectivity index (χ3v) is 5.29. The number of fused-ring (bicyclic) bond motifs is 1. The summed E-state index contributed by atoms with van der Waals surface area (Å²) in [5.74, 6) is 2.29. The van der Waals surface area contributed by atoms with Crippen molar-refractivity contribution in [3.63, 3.8) is 0 Å². The van der Waals surface area contributed by atoms with Crippen molar-refractivity contribution in [2.75, 3.05) is 19.8 Å². The number of furan rings is 1. The van der Waals surface area contributed by atoms with Crippen molar-refractivity contribution in [3.8, 4) is 11.5 Å². The van der Waals surface area contributed by atoms with Gasteiger partial charge in [-0.3, -0.25) is 9.59 Å². The Morgan fingerprint density at radius 1 is 1.13 bits per heavy atom. The lowest BCUT2D eigenvalue weighted by molar-refractivity contribution is -0.121. The van der Waals surface area contributed by atoms with Gasteiger partial charge in [-0.2, -0.15) is 0 Å². The van der Waals surface area contributed by atoms with E-state index in [-0.39, 0.29) is 29.8 Å². The van der Waals surface area contributed by atoms with E-state index in [9.17, 15) is 9.59 Å². The van der Waals surface area contributed by atoms with Crippen LogP contribution in [0.2, 0.25) is 0 Å². The first-order valence-electron chi connectivity index (χ1n) is 10.8. The van der Waals surface area contributed by atoms with Gasteiger partial charge in [0.2, 0.25) is 5.91 Å². The van der Waals surface area contributed by atoms with Crippen LogP contribution in [0, 0.1) is 12.3 Å². The van der Waals surface area contributed by atoms with Gasteiger partial charge < -0.3 is 24.5 Å². The van der Waals surface area contributed by atoms with Crippen LogP contribution in [0.3, 0.4) is 0 Å². The van der Waals surface area contributed by atoms with Crippen LogP contribution in [0.1, 0.15) is 67.6 Å². The van der Waals surface area contributed by atoms with Crippen molar-refractivity contribution in [1.29, 1.82) is 0 Å². The summed E-state index contributed by atoms with van der Waals surface area (Å²) >= 11 is 0. The number of rotatable bonds is 8. The van der Waals surface area contributed by atoms with E-state index < -0.39 is 0 Å². The summed E-state index contributed by atoms with van der Waals surface area (Å²) in [7, 11) is 0. The van der Waals surface area contributed by atoms with Gasteiger partial charge in [0, 0.05) is 17.5 Å². The van der Waals surface area contributed by atoms with Gasteiger partial charge in [0.05, 0.1) is 25.8 Å². The summed E-state index contributed by atoms with van der Waals surface area (Å²) in [6, 6.07) is 6.85. The lowest BCUT2D eigenvalue weighted by atomic mass is 9.74. The molecule has 0 saturated heterocycles. The molecule has 0 fully saturated rings. The number of benzene rings is 1. The molecule has 1 heterocycles. The van der Waals surface area contributed by atoms with E-state index in [1.807, 2.05) is 26.8 Å². The third-order valence-electron chi connectivity index (χ3n) is 5.29. The molecule has 168 valence electrons. The highest BCUT2D eigenvalue weighted by Crippen LogP contribution is 2.41. The van der Waals surface area contributed by atoms with Gasteiger partial charge in [0.1, 0.15) is 11.5 Å². The van der Waals surface area contributed by atoms with Crippen LogP contribution in [0.5, 0.6) is 11.5 Å². The molecule has 31 heavy (non-hydrogen) atoms. The number of amides is 2. The molecule has 0 spiro atoms. The summed E-state index contributed by atoms with van der Waals surface area (Å²) in [6.45, 7) is 10.8. The van der Waals surface area contributed by atoms with Crippen LogP contribution in [0.4, 0.5) is 0 Å². The zero-order valence-corrected chi connectivity index (χ0v) is 19.0. The standard InChI is InChI=1S/C24H32N2O5/c1-6-29-19-9-8-16(11-20(19)30-7-2)23(28)25-14-22(27)26-18-12-24(4,5)13-21-17(18)10-15(3)31-21/h8-11,18H,6-7,12-14H2,1-5H3,(H,25,28)(H,26,27). The maximum absolute atomic E-state index is 12.6. The Kier molecular flexibility index (Phi) is 6.93. The Labute approximate surface area is 183 Å². The minimum Gasteiger partial charge on any atom is -0.490 e. The fraction of sp³-hybridized carbons (Fsp3) is 0.500. The quantitative estimate of drug-likeness (QED) is 0.665.